The van der Waals surface area contributed by atoms with Crippen LogP contribution in [0, 0.1) is 5.82 Å². The molecule has 0 saturated carbocycles. The molecule has 0 bridgehead atoms. The van der Waals surface area contributed by atoms with Gasteiger partial charge >= 0.3 is 0 Å². The summed E-state index contributed by atoms with van der Waals surface area (Å²) >= 11 is 6.30. The molecule has 2 aromatic carbocycles. The molecule has 0 unspecified atom stereocenters. The third-order valence-corrected chi connectivity index (χ3v) is 4.13. The number of amides is 2. The number of carbonyl (C=O) groups is 2. The Labute approximate surface area is 174 Å². The van der Waals surface area contributed by atoms with Crippen LogP contribution in [-0.2, 0) is 4.79 Å². The van der Waals surface area contributed by atoms with Crippen molar-refractivity contribution in [1.29, 1.82) is 0 Å². The van der Waals surface area contributed by atoms with Gasteiger partial charge in [0.2, 0.25) is 5.91 Å². The van der Waals surface area contributed by atoms with Crippen LogP contribution in [-0.4, -0.2) is 25.0 Å². The Bertz CT molecular complexity index is 889. The summed E-state index contributed by atoms with van der Waals surface area (Å²) in [6.07, 6.45) is 1.82. The van der Waals surface area contributed by atoms with Gasteiger partial charge in [0.15, 0.2) is 11.5 Å². The monoisotopic (exact) mass is 422 g/mol. The first-order valence-electron chi connectivity index (χ1n) is 9.33. The molecule has 2 aromatic rings. The van der Waals surface area contributed by atoms with Crippen molar-refractivity contribution in [2.75, 3.05) is 23.8 Å². The number of nitrogens with one attached hydrogen (secondary N) is 2. The van der Waals surface area contributed by atoms with E-state index in [4.69, 9.17) is 21.1 Å². The fourth-order valence-corrected chi connectivity index (χ4v) is 2.78. The Morgan fingerprint density at radius 1 is 1.10 bits per heavy atom. The Balaban J connectivity index is 2.27. The van der Waals surface area contributed by atoms with Gasteiger partial charge in [-0.25, -0.2) is 4.39 Å². The van der Waals surface area contributed by atoms with Gasteiger partial charge in [-0.2, -0.15) is 0 Å². The van der Waals surface area contributed by atoms with Crippen molar-refractivity contribution in [2.24, 2.45) is 0 Å². The van der Waals surface area contributed by atoms with E-state index in [1.165, 1.54) is 31.2 Å². The zero-order valence-corrected chi connectivity index (χ0v) is 17.4. The normalized spacial score (nSPS) is 10.4. The van der Waals surface area contributed by atoms with Gasteiger partial charge in [0.05, 0.1) is 23.9 Å². The molecule has 8 heteroatoms. The number of anilines is 2. The summed E-state index contributed by atoms with van der Waals surface area (Å²) in [6, 6.07) is 6.84. The number of halogens is 2. The zero-order valence-electron chi connectivity index (χ0n) is 16.6. The lowest BCUT2D eigenvalue weighted by atomic mass is 10.1. The van der Waals surface area contributed by atoms with Crippen molar-refractivity contribution in [3.63, 3.8) is 0 Å². The topological polar surface area (TPSA) is 76.7 Å². The quantitative estimate of drug-likeness (QED) is 0.540. The number of hydrogen-bond donors (Lipinski definition) is 2. The summed E-state index contributed by atoms with van der Waals surface area (Å²) in [5.41, 5.74) is 0.478. The first kappa shape index (κ1) is 22.5. The van der Waals surface area contributed by atoms with E-state index in [1.54, 1.807) is 6.92 Å². The lowest BCUT2D eigenvalue weighted by Crippen LogP contribution is -2.14. The summed E-state index contributed by atoms with van der Waals surface area (Å²) < 4.78 is 25.4. The summed E-state index contributed by atoms with van der Waals surface area (Å²) in [4.78, 5) is 23.8. The van der Waals surface area contributed by atoms with Gasteiger partial charge in [-0.1, -0.05) is 24.9 Å². The number of ether oxygens (including phenoxy) is 2. The second-order valence-electron chi connectivity index (χ2n) is 6.25. The van der Waals surface area contributed by atoms with Crippen LogP contribution in [0.15, 0.2) is 30.3 Å². The third-order valence-electron chi connectivity index (χ3n) is 3.85. The Morgan fingerprint density at radius 2 is 1.86 bits per heavy atom. The molecule has 0 heterocycles. The van der Waals surface area contributed by atoms with Crippen LogP contribution in [0.2, 0.25) is 5.02 Å². The van der Waals surface area contributed by atoms with Crippen molar-refractivity contribution in [3.05, 3.63) is 46.7 Å². The predicted molar refractivity (Wildman–Crippen MR) is 112 cm³/mol. The van der Waals surface area contributed by atoms with Crippen molar-refractivity contribution in [2.45, 2.75) is 33.6 Å². The molecule has 0 radical (unpaired) electrons. The molecule has 0 aliphatic carbocycles. The van der Waals surface area contributed by atoms with Gasteiger partial charge in [0.1, 0.15) is 5.82 Å². The summed E-state index contributed by atoms with van der Waals surface area (Å²) in [5, 5.41) is 5.25. The van der Waals surface area contributed by atoms with Gasteiger partial charge in [0, 0.05) is 18.2 Å². The maximum atomic E-state index is 14.1. The minimum atomic E-state index is -0.636. The molecule has 0 atom stereocenters. The van der Waals surface area contributed by atoms with Crippen molar-refractivity contribution in [1.82, 2.24) is 0 Å². The van der Waals surface area contributed by atoms with Gasteiger partial charge in [-0.15, -0.1) is 0 Å². The largest absolute Gasteiger partial charge is 0.490 e. The maximum absolute atomic E-state index is 14.1. The molecular weight excluding hydrogens is 399 g/mol. The second kappa shape index (κ2) is 10.7. The van der Waals surface area contributed by atoms with E-state index in [0.717, 1.165) is 18.9 Å². The Morgan fingerprint density at radius 3 is 2.52 bits per heavy atom. The highest BCUT2D eigenvalue weighted by Gasteiger charge is 2.18. The van der Waals surface area contributed by atoms with Crippen LogP contribution < -0.4 is 20.1 Å². The molecule has 0 fully saturated rings. The fourth-order valence-electron chi connectivity index (χ4n) is 2.52. The Kier molecular flexibility index (Phi) is 8.27. The second-order valence-corrected chi connectivity index (χ2v) is 6.66. The molecule has 6 nitrogen and oxygen atoms in total. The van der Waals surface area contributed by atoms with Gasteiger partial charge in [0.25, 0.3) is 5.91 Å². The fraction of sp³-hybridized carbons (Fsp3) is 0.333. The Hall–Kier alpha value is -2.80. The maximum Gasteiger partial charge on any atom is 0.255 e. The number of carbonyl (C=O) groups excluding carboxylic acids is 2. The molecule has 156 valence electrons. The van der Waals surface area contributed by atoms with E-state index in [-0.39, 0.29) is 22.2 Å². The molecule has 2 N–H and O–H groups in total. The summed E-state index contributed by atoms with van der Waals surface area (Å²) in [7, 11) is 0. The highest BCUT2D eigenvalue weighted by molar-refractivity contribution is 6.32. The van der Waals surface area contributed by atoms with E-state index < -0.39 is 11.7 Å². The van der Waals surface area contributed by atoms with Crippen LogP contribution in [0.4, 0.5) is 15.8 Å². The SMILES string of the molecule is CCCCOc1c(Cl)cc(C(=O)Nc2cc(NC(C)=O)ccc2F)cc1OCC. The molecule has 0 saturated heterocycles. The molecule has 2 rings (SSSR count). The van der Waals surface area contributed by atoms with E-state index in [0.29, 0.717) is 30.4 Å². The zero-order chi connectivity index (χ0) is 21.4. The van der Waals surface area contributed by atoms with Crippen LogP contribution in [0.3, 0.4) is 0 Å². The molecular formula is C21H24ClFN2O4. The highest BCUT2D eigenvalue weighted by Crippen LogP contribution is 2.37. The van der Waals surface area contributed by atoms with Crippen molar-refractivity contribution < 1.29 is 23.5 Å². The summed E-state index contributed by atoms with van der Waals surface area (Å²) in [6.45, 7) is 6.02. The third kappa shape index (κ3) is 6.35. The van der Waals surface area contributed by atoms with Crippen molar-refractivity contribution in [3.8, 4) is 11.5 Å². The number of rotatable bonds is 9. The standard InChI is InChI=1S/C21H24ClFN2O4/c1-4-6-9-29-20-16(22)10-14(11-19(20)28-5-2)21(27)25-18-12-15(24-13(3)26)7-8-17(18)23/h7-8,10-12H,4-6,9H2,1-3H3,(H,24,26)(H,25,27). The minimum Gasteiger partial charge on any atom is -0.490 e. The minimum absolute atomic E-state index is 0.0707. The average molecular weight is 423 g/mol. The number of unbranched alkanes of at least 4 members (excludes halogenated alkanes) is 1. The molecule has 29 heavy (non-hydrogen) atoms. The molecule has 0 aliphatic rings. The van der Waals surface area contributed by atoms with Gasteiger partial charge in [-0.05, 0) is 43.7 Å². The molecule has 0 aromatic heterocycles. The van der Waals surface area contributed by atoms with Crippen LogP contribution in [0.1, 0.15) is 44.0 Å². The molecule has 2 amide bonds. The van der Waals surface area contributed by atoms with Crippen LogP contribution in [0.5, 0.6) is 11.5 Å². The smallest absolute Gasteiger partial charge is 0.255 e. The highest BCUT2D eigenvalue weighted by atomic mass is 35.5. The van der Waals surface area contributed by atoms with E-state index in [2.05, 4.69) is 10.6 Å². The van der Waals surface area contributed by atoms with Crippen LogP contribution >= 0.6 is 11.6 Å². The predicted octanol–water partition coefficient (Wildman–Crippen LogP) is 5.27. The van der Waals surface area contributed by atoms with Gasteiger partial charge in [-0.3, -0.25) is 9.59 Å². The first-order valence-corrected chi connectivity index (χ1v) is 9.71. The van der Waals surface area contributed by atoms with Gasteiger partial charge < -0.3 is 20.1 Å². The average Bonchev–Trinajstić information content (AvgIpc) is 2.66. The number of hydrogen-bond acceptors (Lipinski definition) is 4. The van der Waals surface area contributed by atoms with E-state index >= 15 is 0 Å². The molecule has 0 aliphatic heterocycles. The van der Waals surface area contributed by atoms with Crippen molar-refractivity contribution >= 4 is 34.8 Å². The molecule has 0 spiro atoms. The number of benzene rings is 2. The lowest BCUT2D eigenvalue weighted by Gasteiger charge is -2.15. The van der Waals surface area contributed by atoms with E-state index in [9.17, 15) is 14.0 Å². The van der Waals surface area contributed by atoms with E-state index in [1.807, 2.05) is 6.92 Å². The first-order chi connectivity index (χ1) is 13.8. The van der Waals surface area contributed by atoms with Crippen LogP contribution in [0.25, 0.3) is 0 Å². The summed E-state index contributed by atoms with van der Waals surface area (Å²) in [5.74, 6) is -0.804. The lowest BCUT2D eigenvalue weighted by molar-refractivity contribution is -0.114.